The first-order valence-corrected chi connectivity index (χ1v) is 7.38. The highest BCUT2D eigenvalue weighted by atomic mass is 16.3. The summed E-state index contributed by atoms with van der Waals surface area (Å²) in [6, 6.07) is 9.98. The highest BCUT2D eigenvalue weighted by Crippen LogP contribution is 2.33. The molecule has 3 rings (SSSR count). The molecular weight excluding hydrogens is 276 g/mol. The number of rotatable bonds is 3. The highest BCUT2D eigenvalue weighted by molar-refractivity contribution is 5.69. The molecule has 0 atom stereocenters. The molecule has 0 unspecified atom stereocenters. The molecule has 2 N–H and O–H groups in total. The molecule has 3 aromatic rings. The van der Waals surface area contributed by atoms with Crippen molar-refractivity contribution in [2.75, 3.05) is 0 Å². The van der Waals surface area contributed by atoms with Crippen molar-refractivity contribution < 1.29 is 5.11 Å². The van der Waals surface area contributed by atoms with Crippen molar-refractivity contribution in [1.29, 1.82) is 0 Å². The summed E-state index contributed by atoms with van der Waals surface area (Å²) in [5.41, 5.74) is 5.20. The summed E-state index contributed by atoms with van der Waals surface area (Å²) in [5, 5.41) is 22.1. The zero-order valence-electron chi connectivity index (χ0n) is 13.3. The summed E-state index contributed by atoms with van der Waals surface area (Å²) in [7, 11) is 0. The van der Waals surface area contributed by atoms with Crippen molar-refractivity contribution in [1.82, 2.24) is 20.0 Å². The Labute approximate surface area is 129 Å². The average Bonchev–Trinajstić information content (AvgIpc) is 3.02. The number of aryl methyl sites for hydroxylation is 2. The van der Waals surface area contributed by atoms with E-state index in [1.54, 1.807) is 4.68 Å². The fraction of sp³-hybridized carbons (Fsp3) is 0.294. The van der Waals surface area contributed by atoms with E-state index in [4.69, 9.17) is 0 Å². The fourth-order valence-electron chi connectivity index (χ4n) is 2.56. The van der Waals surface area contributed by atoms with Gasteiger partial charge in [0.25, 0.3) is 0 Å². The minimum Gasteiger partial charge on any atom is -0.493 e. The lowest BCUT2D eigenvalue weighted by molar-refractivity contribution is 0.435. The Bertz CT molecular complexity index is 797. The van der Waals surface area contributed by atoms with Crippen LogP contribution in [0, 0.1) is 13.8 Å². The van der Waals surface area contributed by atoms with Crippen LogP contribution >= 0.6 is 0 Å². The molecule has 2 heterocycles. The summed E-state index contributed by atoms with van der Waals surface area (Å²) in [6.45, 7) is 8.10. The van der Waals surface area contributed by atoms with Gasteiger partial charge in [0.2, 0.25) is 5.88 Å². The highest BCUT2D eigenvalue weighted by Gasteiger charge is 2.18. The number of hydrogen-bond acceptors (Lipinski definition) is 3. The Morgan fingerprint density at radius 3 is 2.36 bits per heavy atom. The topological polar surface area (TPSA) is 66.7 Å². The molecule has 5 heteroatoms. The van der Waals surface area contributed by atoms with Crippen LogP contribution in [0.5, 0.6) is 5.88 Å². The van der Waals surface area contributed by atoms with Crippen molar-refractivity contribution in [3.8, 4) is 22.8 Å². The van der Waals surface area contributed by atoms with Crippen molar-refractivity contribution in [3.63, 3.8) is 0 Å². The van der Waals surface area contributed by atoms with Crippen molar-refractivity contribution in [3.05, 3.63) is 47.3 Å². The van der Waals surface area contributed by atoms with Crippen molar-refractivity contribution in [2.45, 2.75) is 33.6 Å². The first kappa shape index (κ1) is 14.4. The minimum absolute atomic E-state index is 0.124. The zero-order valence-corrected chi connectivity index (χ0v) is 13.3. The molecule has 0 aliphatic rings. The second kappa shape index (κ2) is 5.33. The molecule has 0 aliphatic heterocycles. The number of aromatic amines is 1. The second-order valence-electron chi connectivity index (χ2n) is 5.87. The van der Waals surface area contributed by atoms with Crippen LogP contribution in [-0.4, -0.2) is 25.1 Å². The third-order valence-corrected chi connectivity index (χ3v) is 3.82. The van der Waals surface area contributed by atoms with Crippen LogP contribution in [0.1, 0.15) is 36.7 Å². The monoisotopic (exact) mass is 296 g/mol. The largest absolute Gasteiger partial charge is 0.493 e. The Kier molecular flexibility index (Phi) is 3.48. The molecule has 0 spiro atoms. The minimum atomic E-state index is 0.124. The molecule has 1 aromatic carbocycles. The molecule has 0 saturated carbocycles. The molecule has 0 fully saturated rings. The molecule has 0 radical (unpaired) electrons. The van der Waals surface area contributed by atoms with Crippen LogP contribution in [0.3, 0.4) is 0 Å². The van der Waals surface area contributed by atoms with E-state index in [1.807, 2.05) is 32.0 Å². The lowest BCUT2D eigenvalue weighted by atomic mass is 10.0. The molecule has 0 aliphatic carbocycles. The molecule has 0 bridgehead atoms. The van der Waals surface area contributed by atoms with Gasteiger partial charge in [-0.05, 0) is 43.5 Å². The first-order valence-electron chi connectivity index (χ1n) is 7.38. The van der Waals surface area contributed by atoms with Crippen LogP contribution < -0.4 is 0 Å². The number of H-pyrrole nitrogens is 1. The number of nitrogens with one attached hydrogen (secondary N) is 1. The summed E-state index contributed by atoms with van der Waals surface area (Å²) >= 11 is 0. The van der Waals surface area contributed by atoms with Crippen LogP contribution in [0.15, 0.2) is 30.3 Å². The van der Waals surface area contributed by atoms with E-state index in [0.29, 0.717) is 11.5 Å². The van der Waals surface area contributed by atoms with Gasteiger partial charge in [0, 0.05) is 0 Å². The van der Waals surface area contributed by atoms with Crippen molar-refractivity contribution in [2.24, 2.45) is 0 Å². The van der Waals surface area contributed by atoms with Gasteiger partial charge >= 0.3 is 0 Å². The van der Waals surface area contributed by atoms with Gasteiger partial charge in [0.15, 0.2) is 0 Å². The molecule has 22 heavy (non-hydrogen) atoms. The SMILES string of the molecule is Cc1cc(-c2c(C)nn(-c3ccc(C(C)C)cc3)c2O)[nH]n1. The Morgan fingerprint density at radius 1 is 1.14 bits per heavy atom. The van der Waals surface area contributed by atoms with Crippen LogP contribution in [0.25, 0.3) is 16.9 Å². The molecule has 0 amide bonds. The predicted molar refractivity (Wildman–Crippen MR) is 86.4 cm³/mol. The molecule has 114 valence electrons. The average molecular weight is 296 g/mol. The summed E-state index contributed by atoms with van der Waals surface area (Å²) in [6.07, 6.45) is 0. The van der Waals surface area contributed by atoms with Gasteiger partial charge < -0.3 is 5.11 Å². The van der Waals surface area contributed by atoms with E-state index in [2.05, 4.69) is 41.3 Å². The van der Waals surface area contributed by atoms with Gasteiger partial charge in [-0.25, -0.2) is 4.68 Å². The zero-order chi connectivity index (χ0) is 15.9. The third kappa shape index (κ3) is 2.39. The molecule has 2 aromatic heterocycles. The predicted octanol–water partition coefficient (Wildman–Crippen LogP) is 3.71. The number of aromatic hydroxyl groups is 1. The quantitative estimate of drug-likeness (QED) is 0.774. The van der Waals surface area contributed by atoms with Crippen LogP contribution in [-0.2, 0) is 0 Å². The summed E-state index contributed by atoms with van der Waals surface area (Å²) in [5.74, 6) is 0.601. The number of aromatic nitrogens is 4. The van der Waals surface area contributed by atoms with E-state index in [0.717, 1.165) is 22.8 Å². The van der Waals surface area contributed by atoms with E-state index >= 15 is 0 Å². The van der Waals surface area contributed by atoms with Gasteiger partial charge in [-0.1, -0.05) is 26.0 Å². The fourth-order valence-corrected chi connectivity index (χ4v) is 2.56. The lowest BCUT2D eigenvalue weighted by Gasteiger charge is -2.07. The molecular formula is C17H20N4O. The maximum atomic E-state index is 10.6. The Hall–Kier alpha value is -2.56. The Morgan fingerprint density at radius 2 is 1.82 bits per heavy atom. The molecule has 0 saturated heterocycles. The standard InChI is InChI=1S/C17H20N4O/c1-10(2)13-5-7-14(8-6-13)21-17(22)16(12(4)20-21)15-9-11(3)18-19-15/h5-10,22H,1-4H3,(H,18,19). The van der Waals surface area contributed by atoms with E-state index in [-0.39, 0.29) is 5.88 Å². The Balaban J connectivity index is 2.05. The third-order valence-electron chi connectivity index (χ3n) is 3.82. The van der Waals surface area contributed by atoms with E-state index in [1.165, 1.54) is 5.56 Å². The number of nitrogens with zero attached hydrogens (tertiary/aromatic N) is 3. The maximum absolute atomic E-state index is 10.6. The van der Waals surface area contributed by atoms with Gasteiger partial charge in [-0.3, -0.25) is 5.10 Å². The maximum Gasteiger partial charge on any atom is 0.224 e. The lowest BCUT2D eigenvalue weighted by Crippen LogP contribution is -1.97. The summed E-state index contributed by atoms with van der Waals surface area (Å²) in [4.78, 5) is 0. The van der Waals surface area contributed by atoms with Gasteiger partial charge in [0.05, 0.1) is 28.3 Å². The van der Waals surface area contributed by atoms with E-state index < -0.39 is 0 Å². The van der Waals surface area contributed by atoms with E-state index in [9.17, 15) is 5.11 Å². The van der Waals surface area contributed by atoms with Gasteiger partial charge in [0.1, 0.15) is 0 Å². The number of hydrogen-bond donors (Lipinski definition) is 2. The van der Waals surface area contributed by atoms with Crippen LogP contribution in [0.4, 0.5) is 0 Å². The van der Waals surface area contributed by atoms with Crippen LogP contribution in [0.2, 0.25) is 0 Å². The first-order chi connectivity index (χ1) is 10.5. The number of benzene rings is 1. The van der Waals surface area contributed by atoms with Crippen molar-refractivity contribution >= 4 is 0 Å². The summed E-state index contributed by atoms with van der Waals surface area (Å²) < 4.78 is 1.56. The van der Waals surface area contributed by atoms with Gasteiger partial charge in [-0.2, -0.15) is 10.2 Å². The molecule has 5 nitrogen and oxygen atoms in total. The second-order valence-corrected chi connectivity index (χ2v) is 5.87. The van der Waals surface area contributed by atoms with Gasteiger partial charge in [-0.15, -0.1) is 0 Å². The normalized spacial score (nSPS) is 11.3. The smallest absolute Gasteiger partial charge is 0.224 e.